The Bertz CT molecular complexity index is 1280. The second-order valence-electron chi connectivity index (χ2n) is 6.40. The fraction of sp³-hybridized carbons (Fsp3) is 0.136. The molecule has 0 N–H and O–H groups in total. The number of methoxy groups -OCH3 is 1. The van der Waals surface area contributed by atoms with Crippen LogP contribution in [0.2, 0.25) is 0 Å². The van der Waals surface area contributed by atoms with E-state index in [1.165, 1.54) is 18.4 Å². The molecule has 1 atom stereocenters. The number of thiazole rings is 1. The van der Waals surface area contributed by atoms with Gasteiger partial charge in [0.1, 0.15) is 0 Å². The van der Waals surface area contributed by atoms with Crippen molar-refractivity contribution in [3.63, 3.8) is 0 Å². The minimum atomic E-state index is -0.579. The summed E-state index contributed by atoms with van der Waals surface area (Å²) in [6.45, 7) is 1.77. The Balaban J connectivity index is 1.89. The highest BCUT2D eigenvalue weighted by molar-refractivity contribution is 7.11. The number of aromatic nitrogens is 1. The van der Waals surface area contributed by atoms with Gasteiger partial charge in [-0.3, -0.25) is 9.36 Å². The van der Waals surface area contributed by atoms with E-state index in [1.807, 2.05) is 66.1 Å². The van der Waals surface area contributed by atoms with E-state index in [-0.39, 0.29) is 5.56 Å². The Morgan fingerprint density at radius 2 is 2.00 bits per heavy atom. The molecule has 0 saturated heterocycles. The van der Waals surface area contributed by atoms with Crippen molar-refractivity contribution in [2.24, 2.45) is 4.99 Å². The summed E-state index contributed by atoms with van der Waals surface area (Å²) >= 11 is 2.89. The molecule has 0 saturated carbocycles. The monoisotopic (exact) mass is 422 g/mol. The molecule has 146 valence electrons. The summed E-state index contributed by atoms with van der Waals surface area (Å²) in [5.41, 5.74) is 1.74. The van der Waals surface area contributed by atoms with Crippen molar-refractivity contribution >= 4 is 40.8 Å². The summed E-state index contributed by atoms with van der Waals surface area (Å²) in [4.78, 5) is 31.8. The fourth-order valence-electron chi connectivity index (χ4n) is 3.19. The maximum atomic E-state index is 13.2. The second kappa shape index (κ2) is 8.14. The van der Waals surface area contributed by atoms with E-state index in [9.17, 15) is 9.59 Å². The van der Waals surface area contributed by atoms with E-state index < -0.39 is 12.0 Å². The summed E-state index contributed by atoms with van der Waals surface area (Å²) in [5, 5.41) is 1.97. The zero-order valence-electron chi connectivity index (χ0n) is 15.9. The topological polar surface area (TPSA) is 60.7 Å². The summed E-state index contributed by atoms with van der Waals surface area (Å²) in [6, 6.07) is 13.1. The van der Waals surface area contributed by atoms with Gasteiger partial charge in [-0.2, -0.15) is 0 Å². The number of carbonyl (C=O) groups is 1. The van der Waals surface area contributed by atoms with Crippen LogP contribution in [0.25, 0.3) is 12.2 Å². The lowest BCUT2D eigenvalue weighted by molar-refractivity contribution is -0.136. The first-order chi connectivity index (χ1) is 14.1. The molecule has 3 heterocycles. The molecule has 7 heteroatoms. The molecule has 0 unspecified atom stereocenters. The maximum Gasteiger partial charge on any atom is 0.338 e. The number of thiophene rings is 1. The highest BCUT2D eigenvalue weighted by Gasteiger charge is 2.29. The zero-order chi connectivity index (χ0) is 20.4. The van der Waals surface area contributed by atoms with E-state index in [4.69, 9.17) is 4.74 Å². The third kappa shape index (κ3) is 3.79. The molecular weight excluding hydrogens is 404 g/mol. The van der Waals surface area contributed by atoms with E-state index >= 15 is 0 Å². The van der Waals surface area contributed by atoms with Crippen LogP contribution in [0.15, 0.2) is 75.0 Å². The van der Waals surface area contributed by atoms with Crippen LogP contribution in [0.4, 0.5) is 0 Å². The van der Waals surface area contributed by atoms with Crippen LogP contribution in [0.3, 0.4) is 0 Å². The lowest BCUT2D eigenvalue weighted by Crippen LogP contribution is -2.38. The number of esters is 1. The summed E-state index contributed by atoms with van der Waals surface area (Å²) in [5.74, 6) is -0.485. The largest absolute Gasteiger partial charge is 0.466 e. The Morgan fingerprint density at radius 3 is 2.69 bits per heavy atom. The van der Waals surface area contributed by atoms with Crippen molar-refractivity contribution < 1.29 is 9.53 Å². The normalized spacial score (nSPS) is 16.8. The molecule has 5 nitrogen and oxygen atoms in total. The standard InChI is InChI=1S/C22H18N2O3S2/c1-14-19(21(26)27-2)17(11-10-15-7-4-3-5-8-15)24-20(25)18(29-22(24)23-14)13-16-9-6-12-28-16/h3-13,17H,1-2H3/b11-10-,18-13?/t17-/m0/s1. The summed E-state index contributed by atoms with van der Waals surface area (Å²) in [7, 11) is 1.34. The van der Waals surface area contributed by atoms with Crippen LogP contribution in [0.1, 0.15) is 23.4 Å². The molecule has 3 aromatic rings. The maximum absolute atomic E-state index is 13.2. The molecule has 1 aliphatic heterocycles. The van der Waals surface area contributed by atoms with E-state index in [1.54, 1.807) is 22.8 Å². The van der Waals surface area contributed by atoms with Crippen LogP contribution >= 0.6 is 22.7 Å². The number of nitrogens with zero attached hydrogens (tertiary/aromatic N) is 2. The van der Waals surface area contributed by atoms with Crippen molar-refractivity contribution in [2.45, 2.75) is 13.0 Å². The smallest absolute Gasteiger partial charge is 0.338 e. The van der Waals surface area contributed by atoms with Gasteiger partial charge in [-0.25, -0.2) is 9.79 Å². The van der Waals surface area contributed by atoms with Gasteiger partial charge >= 0.3 is 5.97 Å². The van der Waals surface area contributed by atoms with Crippen molar-refractivity contribution in [1.82, 2.24) is 4.57 Å². The van der Waals surface area contributed by atoms with Crippen molar-refractivity contribution in [2.75, 3.05) is 7.11 Å². The van der Waals surface area contributed by atoms with Crippen LogP contribution < -0.4 is 14.9 Å². The van der Waals surface area contributed by atoms with Gasteiger partial charge in [-0.05, 0) is 30.0 Å². The minimum Gasteiger partial charge on any atom is -0.466 e. The molecule has 0 aliphatic carbocycles. The fourth-order valence-corrected chi connectivity index (χ4v) is 4.96. The highest BCUT2D eigenvalue weighted by Crippen LogP contribution is 2.26. The van der Waals surface area contributed by atoms with E-state index in [0.717, 1.165) is 10.4 Å². The van der Waals surface area contributed by atoms with Crippen LogP contribution in [0.5, 0.6) is 0 Å². The number of hydrogen-bond donors (Lipinski definition) is 0. The van der Waals surface area contributed by atoms with Gasteiger partial charge in [-0.1, -0.05) is 59.9 Å². The number of allylic oxidation sites excluding steroid dienone is 2. The molecule has 1 aromatic carbocycles. The first kappa shape index (κ1) is 19.3. The molecule has 4 rings (SSSR count). The molecule has 0 fully saturated rings. The number of hydrogen-bond acceptors (Lipinski definition) is 6. The van der Waals surface area contributed by atoms with Gasteiger partial charge in [0, 0.05) is 4.88 Å². The Kier molecular flexibility index (Phi) is 5.42. The molecular formula is C22H18N2O3S2. The minimum absolute atomic E-state index is 0.168. The van der Waals surface area contributed by atoms with Crippen LogP contribution in [0, 0.1) is 0 Å². The van der Waals surface area contributed by atoms with Gasteiger partial charge in [0.25, 0.3) is 5.56 Å². The van der Waals surface area contributed by atoms with Gasteiger partial charge in [-0.15, -0.1) is 11.3 Å². The van der Waals surface area contributed by atoms with Crippen LogP contribution in [-0.4, -0.2) is 17.6 Å². The first-order valence-electron chi connectivity index (χ1n) is 8.96. The third-order valence-electron chi connectivity index (χ3n) is 4.56. The van der Waals surface area contributed by atoms with E-state index in [0.29, 0.717) is 20.6 Å². The van der Waals surface area contributed by atoms with Crippen molar-refractivity contribution in [3.05, 3.63) is 95.3 Å². The molecule has 0 radical (unpaired) electrons. The lowest BCUT2D eigenvalue weighted by atomic mass is 10.0. The molecule has 2 aromatic heterocycles. The summed E-state index contributed by atoms with van der Waals surface area (Å²) in [6.07, 6.45) is 5.62. The molecule has 0 amide bonds. The number of fused-ring (bicyclic) bond motifs is 1. The average Bonchev–Trinajstić information content (AvgIpc) is 3.34. The van der Waals surface area contributed by atoms with Gasteiger partial charge in [0.15, 0.2) is 4.80 Å². The number of ether oxygens (including phenoxy) is 1. The zero-order valence-corrected chi connectivity index (χ0v) is 17.5. The van der Waals surface area contributed by atoms with Gasteiger partial charge < -0.3 is 4.74 Å². The molecule has 0 bridgehead atoms. The van der Waals surface area contributed by atoms with Gasteiger partial charge in [0.2, 0.25) is 0 Å². The Hall–Kier alpha value is -3.03. The van der Waals surface area contributed by atoms with E-state index in [2.05, 4.69) is 4.99 Å². The number of carbonyl (C=O) groups excluding carboxylic acids is 1. The number of benzene rings is 1. The molecule has 29 heavy (non-hydrogen) atoms. The predicted molar refractivity (Wildman–Crippen MR) is 116 cm³/mol. The highest BCUT2D eigenvalue weighted by atomic mass is 32.1. The predicted octanol–water partition coefficient (Wildman–Crippen LogP) is 3.13. The van der Waals surface area contributed by atoms with Crippen LogP contribution in [-0.2, 0) is 9.53 Å². The Morgan fingerprint density at radius 1 is 1.21 bits per heavy atom. The third-order valence-corrected chi connectivity index (χ3v) is 6.36. The van der Waals surface area contributed by atoms with Gasteiger partial charge in [0.05, 0.1) is 29.0 Å². The Labute approximate surface area is 175 Å². The lowest BCUT2D eigenvalue weighted by Gasteiger charge is -2.21. The quantitative estimate of drug-likeness (QED) is 0.607. The van der Waals surface area contributed by atoms with Crippen molar-refractivity contribution in [3.8, 4) is 0 Å². The SMILES string of the molecule is COC(=O)C1=C(C)N=c2sc(=Cc3cccs3)c(=O)n2[C@H]1/C=C\c1ccccc1. The molecule has 0 spiro atoms. The molecule has 1 aliphatic rings. The number of rotatable bonds is 4. The summed E-state index contributed by atoms with van der Waals surface area (Å²) < 4.78 is 7.14. The van der Waals surface area contributed by atoms with Crippen molar-refractivity contribution in [1.29, 1.82) is 0 Å². The first-order valence-corrected chi connectivity index (χ1v) is 10.7. The second-order valence-corrected chi connectivity index (χ2v) is 8.39. The average molecular weight is 423 g/mol.